The Kier molecular flexibility index (Phi) is 3.66. The highest BCUT2D eigenvalue weighted by Crippen LogP contribution is 2.52. The molecule has 3 heteroatoms. The Labute approximate surface area is 170 Å². The van der Waals surface area contributed by atoms with Crippen molar-refractivity contribution in [1.29, 1.82) is 0 Å². The fraction of sp³-hybridized carbons (Fsp3) is 0.346. The number of allylic oxidation sites excluding steroid dienone is 1. The standard InChI is InChI=1S/C26H26F2N/c1-6-26(7-2)12-10-16-8-9-19(27)22-20(16)24-21-17(11-13-29(24)26)23(28)15(3)14-18(21)25(22,4)5/h8-14H,6-7H2,1-5H3/q+1. The molecule has 1 aliphatic heterocycles. The van der Waals surface area contributed by atoms with Gasteiger partial charge in [0.2, 0.25) is 5.69 Å². The topological polar surface area (TPSA) is 3.88 Å². The van der Waals surface area contributed by atoms with Crippen molar-refractivity contribution >= 4 is 16.8 Å². The van der Waals surface area contributed by atoms with E-state index >= 15 is 8.78 Å². The van der Waals surface area contributed by atoms with E-state index < -0.39 is 5.41 Å². The highest BCUT2D eigenvalue weighted by molar-refractivity contribution is 6.02. The molecule has 0 saturated heterocycles. The predicted octanol–water partition coefficient (Wildman–Crippen LogP) is 6.56. The van der Waals surface area contributed by atoms with Crippen LogP contribution in [0.25, 0.3) is 28.1 Å². The summed E-state index contributed by atoms with van der Waals surface area (Å²) in [6, 6.07) is 7.27. The lowest BCUT2D eigenvalue weighted by Gasteiger charge is -2.35. The monoisotopic (exact) mass is 390 g/mol. The lowest BCUT2D eigenvalue weighted by molar-refractivity contribution is -0.742. The Balaban J connectivity index is 2.13. The zero-order valence-corrected chi connectivity index (χ0v) is 17.7. The summed E-state index contributed by atoms with van der Waals surface area (Å²) in [5, 5.41) is 1.55. The van der Waals surface area contributed by atoms with Gasteiger partial charge in [0.1, 0.15) is 11.6 Å². The third kappa shape index (κ3) is 2.11. The van der Waals surface area contributed by atoms with Crippen molar-refractivity contribution in [3.8, 4) is 11.3 Å². The summed E-state index contributed by atoms with van der Waals surface area (Å²) >= 11 is 0. The van der Waals surface area contributed by atoms with Crippen molar-refractivity contribution in [3.63, 3.8) is 0 Å². The van der Waals surface area contributed by atoms with Crippen LogP contribution in [-0.2, 0) is 11.0 Å². The van der Waals surface area contributed by atoms with Crippen LogP contribution < -0.4 is 4.57 Å². The Morgan fingerprint density at radius 2 is 1.76 bits per heavy atom. The third-order valence-electron chi connectivity index (χ3n) is 7.35. The van der Waals surface area contributed by atoms with E-state index in [-0.39, 0.29) is 17.2 Å². The molecule has 3 aromatic rings. The van der Waals surface area contributed by atoms with Crippen LogP contribution in [0.2, 0.25) is 0 Å². The maximum Gasteiger partial charge on any atom is 0.222 e. The van der Waals surface area contributed by atoms with Gasteiger partial charge in [-0.2, -0.15) is 4.57 Å². The van der Waals surface area contributed by atoms with Gasteiger partial charge < -0.3 is 0 Å². The molecule has 0 unspecified atom stereocenters. The van der Waals surface area contributed by atoms with E-state index in [1.807, 2.05) is 24.4 Å². The van der Waals surface area contributed by atoms with E-state index in [4.69, 9.17) is 0 Å². The lowest BCUT2D eigenvalue weighted by atomic mass is 9.68. The average molecular weight is 390 g/mol. The second-order valence-electron chi connectivity index (χ2n) is 9.03. The molecule has 2 heterocycles. The molecule has 1 aliphatic carbocycles. The normalized spacial score (nSPS) is 17.5. The van der Waals surface area contributed by atoms with E-state index in [1.54, 1.807) is 13.0 Å². The van der Waals surface area contributed by atoms with Crippen LogP contribution in [0.3, 0.4) is 0 Å². The van der Waals surface area contributed by atoms with Gasteiger partial charge in [-0.05, 0) is 35.8 Å². The van der Waals surface area contributed by atoms with Gasteiger partial charge in [-0.25, -0.2) is 8.78 Å². The number of pyridine rings is 1. The Hall–Kier alpha value is -2.55. The number of nitrogens with zero attached hydrogens (tertiary/aromatic N) is 1. The van der Waals surface area contributed by atoms with Crippen molar-refractivity contribution in [2.75, 3.05) is 0 Å². The SMILES string of the molecule is CCC1(CC)C=Cc2ccc(F)c3c2-c2c4c(cc(C)c(F)c4cc[n+]21)C3(C)C. The Bertz CT molecular complexity index is 1230. The number of rotatable bonds is 2. The first-order valence-corrected chi connectivity index (χ1v) is 10.5. The van der Waals surface area contributed by atoms with Gasteiger partial charge in [-0.15, -0.1) is 0 Å². The van der Waals surface area contributed by atoms with Crippen molar-refractivity contribution in [2.24, 2.45) is 0 Å². The predicted molar refractivity (Wildman–Crippen MR) is 114 cm³/mol. The second-order valence-corrected chi connectivity index (χ2v) is 9.03. The van der Waals surface area contributed by atoms with Gasteiger partial charge in [0.15, 0.2) is 11.7 Å². The van der Waals surface area contributed by atoms with E-state index in [0.29, 0.717) is 16.5 Å². The summed E-state index contributed by atoms with van der Waals surface area (Å²) in [6.45, 7) is 10.3. The number of hydrogen-bond donors (Lipinski definition) is 0. The fourth-order valence-corrected chi connectivity index (χ4v) is 5.57. The molecule has 2 aliphatic rings. The molecule has 0 atom stereocenters. The summed E-state index contributed by atoms with van der Waals surface area (Å²) in [6.07, 6.45) is 8.20. The minimum atomic E-state index is -0.558. The van der Waals surface area contributed by atoms with Crippen LogP contribution in [0.4, 0.5) is 8.78 Å². The number of aromatic nitrogens is 1. The van der Waals surface area contributed by atoms with Crippen molar-refractivity contribution in [1.82, 2.24) is 0 Å². The summed E-state index contributed by atoms with van der Waals surface area (Å²) in [4.78, 5) is 0. The van der Waals surface area contributed by atoms with Crippen LogP contribution in [0.5, 0.6) is 0 Å². The zero-order valence-electron chi connectivity index (χ0n) is 17.7. The molecule has 0 spiro atoms. The third-order valence-corrected chi connectivity index (χ3v) is 7.35. The van der Waals surface area contributed by atoms with Gasteiger partial charge in [0, 0.05) is 35.3 Å². The van der Waals surface area contributed by atoms with E-state index in [9.17, 15) is 0 Å². The minimum absolute atomic E-state index is 0.180. The second kappa shape index (κ2) is 5.75. The van der Waals surface area contributed by atoms with Crippen molar-refractivity contribution in [2.45, 2.75) is 58.4 Å². The first kappa shape index (κ1) is 18.5. The fourth-order valence-electron chi connectivity index (χ4n) is 5.57. The summed E-state index contributed by atoms with van der Waals surface area (Å²) in [7, 11) is 0. The molecule has 0 fully saturated rings. The van der Waals surface area contributed by atoms with Crippen LogP contribution in [0.1, 0.15) is 62.8 Å². The summed E-state index contributed by atoms with van der Waals surface area (Å²) in [5.74, 6) is -0.376. The van der Waals surface area contributed by atoms with E-state index in [0.717, 1.165) is 40.6 Å². The molecule has 0 amide bonds. The van der Waals surface area contributed by atoms with Crippen molar-refractivity contribution < 1.29 is 13.3 Å². The zero-order chi connectivity index (χ0) is 20.7. The number of halogens is 2. The maximum absolute atomic E-state index is 15.3. The molecular formula is C26H26F2N+. The molecule has 0 radical (unpaired) electrons. The molecule has 2 aromatic carbocycles. The quantitative estimate of drug-likeness (QED) is 0.436. The van der Waals surface area contributed by atoms with Crippen LogP contribution in [0, 0.1) is 18.6 Å². The number of benzene rings is 2. The van der Waals surface area contributed by atoms with Gasteiger partial charge in [0.05, 0.1) is 10.9 Å². The number of hydrogen-bond acceptors (Lipinski definition) is 0. The van der Waals surface area contributed by atoms with E-state index in [1.165, 1.54) is 0 Å². The highest BCUT2D eigenvalue weighted by Gasteiger charge is 2.47. The van der Waals surface area contributed by atoms with Gasteiger partial charge in [0.25, 0.3) is 0 Å². The Morgan fingerprint density at radius 3 is 2.45 bits per heavy atom. The first-order chi connectivity index (χ1) is 13.8. The van der Waals surface area contributed by atoms with Gasteiger partial charge in [-0.3, -0.25) is 0 Å². The Morgan fingerprint density at radius 1 is 1.03 bits per heavy atom. The molecule has 1 aromatic heterocycles. The molecule has 0 saturated carbocycles. The smallest absolute Gasteiger partial charge is 0.207 e. The van der Waals surface area contributed by atoms with Crippen LogP contribution >= 0.6 is 0 Å². The van der Waals surface area contributed by atoms with Crippen molar-refractivity contribution in [3.05, 3.63) is 70.4 Å². The van der Waals surface area contributed by atoms with E-state index in [2.05, 4.69) is 44.4 Å². The molecular weight excluding hydrogens is 364 g/mol. The summed E-state index contributed by atoms with van der Waals surface area (Å²) in [5.41, 5.74) is 4.41. The molecule has 148 valence electrons. The summed E-state index contributed by atoms with van der Waals surface area (Å²) < 4.78 is 32.8. The van der Waals surface area contributed by atoms with Gasteiger partial charge >= 0.3 is 0 Å². The maximum atomic E-state index is 15.3. The molecule has 5 rings (SSSR count). The largest absolute Gasteiger partial charge is 0.222 e. The number of aryl methyl sites for hydroxylation is 1. The molecule has 0 N–H and O–H groups in total. The highest BCUT2D eigenvalue weighted by atomic mass is 19.1. The molecule has 1 nitrogen and oxygen atoms in total. The van der Waals surface area contributed by atoms with Gasteiger partial charge in [-0.1, -0.05) is 45.9 Å². The van der Waals surface area contributed by atoms with Crippen LogP contribution in [-0.4, -0.2) is 0 Å². The molecule has 0 bridgehead atoms. The average Bonchev–Trinajstić information content (AvgIpc) is 2.84. The molecule has 29 heavy (non-hydrogen) atoms. The lowest BCUT2D eigenvalue weighted by Crippen LogP contribution is -2.56. The first-order valence-electron chi connectivity index (χ1n) is 10.5. The minimum Gasteiger partial charge on any atom is -0.207 e. The van der Waals surface area contributed by atoms with Crippen LogP contribution in [0.15, 0.2) is 36.5 Å².